The van der Waals surface area contributed by atoms with Crippen molar-refractivity contribution in [1.82, 2.24) is 4.57 Å². The maximum atomic E-state index is 6.40. The molecule has 2 aromatic heterocycles. The Hall–Kier alpha value is -5.34. The highest BCUT2D eigenvalue weighted by molar-refractivity contribution is 6.13. The molecular formula is C40H29NO. The van der Waals surface area contributed by atoms with Crippen molar-refractivity contribution in [2.75, 3.05) is 0 Å². The van der Waals surface area contributed by atoms with Crippen LogP contribution < -0.4 is 0 Å². The number of allylic oxidation sites excluding steroid dienone is 2. The summed E-state index contributed by atoms with van der Waals surface area (Å²) >= 11 is 0. The summed E-state index contributed by atoms with van der Waals surface area (Å²) in [5, 5.41) is 4.76. The fourth-order valence-corrected chi connectivity index (χ4v) is 6.32. The van der Waals surface area contributed by atoms with Crippen LogP contribution >= 0.6 is 0 Å². The average molecular weight is 540 g/mol. The van der Waals surface area contributed by atoms with E-state index in [4.69, 9.17) is 4.42 Å². The summed E-state index contributed by atoms with van der Waals surface area (Å²) in [6.07, 6.45) is 2.19. The first-order valence-corrected chi connectivity index (χ1v) is 14.5. The predicted octanol–water partition coefficient (Wildman–Crippen LogP) is 11.4. The number of furan rings is 1. The van der Waals surface area contributed by atoms with Gasteiger partial charge in [0.05, 0.1) is 11.0 Å². The van der Waals surface area contributed by atoms with Gasteiger partial charge in [0.2, 0.25) is 0 Å². The smallest absolute Gasteiger partial charge is 0.143 e. The van der Waals surface area contributed by atoms with Crippen molar-refractivity contribution in [1.29, 1.82) is 0 Å². The van der Waals surface area contributed by atoms with E-state index in [0.717, 1.165) is 38.8 Å². The van der Waals surface area contributed by atoms with E-state index < -0.39 is 0 Å². The molecule has 0 aliphatic heterocycles. The van der Waals surface area contributed by atoms with Crippen molar-refractivity contribution in [3.05, 3.63) is 145 Å². The molecule has 8 rings (SSSR count). The third kappa shape index (κ3) is 3.80. The number of hydrogen-bond acceptors (Lipinski definition) is 1. The molecule has 2 heterocycles. The van der Waals surface area contributed by atoms with Crippen LogP contribution in [0, 0.1) is 0 Å². The Labute approximate surface area is 244 Å². The third-order valence-electron chi connectivity index (χ3n) is 8.56. The van der Waals surface area contributed by atoms with E-state index >= 15 is 0 Å². The first-order valence-electron chi connectivity index (χ1n) is 14.5. The molecule has 0 atom stereocenters. The molecule has 0 unspecified atom stereocenters. The number of fused-ring (bicyclic) bond motifs is 6. The Morgan fingerprint density at radius 2 is 1.31 bits per heavy atom. The maximum Gasteiger partial charge on any atom is 0.143 e. The zero-order chi connectivity index (χ0) is 28.2. The fraction of sp³-hybridized carbons (Fsp3) is 0.0500. The van der Waals surface area contributed by atoms with Crippen LogP contribution in [-0.2, 0) is 0 Å². The topological polar surface area (TPSA) is 18.1 Å². The molecule has 0 fully saturated rings. The van der Waals surface area contributed by atoms with Gasteiger partial charge < -0.3 is 8.98 Å². The second kappa shape index (κ2) is 9.64. The van der Waals surface area contributed by atoms with Crippen LogP contribution in [0.5, 0.6) is 0 Å². The Morgan fingerprint density at radius 1 is 0.571 bits per heavy atom. The van der Waals surface area contributed by atoms with Crippen LogP contribution in [0.1, 0.15) is 19.4 Å². The van der Waals surface area contributed by atoms with Crippen molar-refractivity contribution < 1.29 is 4.42 Å². The normalized spacial score (nSPS) is 12.2. The minimum absolute atomic E-state index is 0.920. The highest BCUT2D eigenvalue weighted by atomic mass is 16.3. The zero-order valence-corrected chi connectivity index (χ0v) is 23.6. The van der Waals surface area contributed by atoms with Gasteiger partial charge in [-0.1, -0.05) is 97.1 Å². The van der Waals surface area contributed by atoms with E-state index in [2.05, 4.69) is 146 Å². The summed E-state index contributed by atoms with van der Waals surface area (Å²) in [6, 6.07) is 47.9. The lowest BCUT2D eigenvalue weighted by Gasteiger charge is -2.14. The quantitative estimate of drug-likeness (QED) is 0.217. The minimum atomic E-state index is 0.920. The van der Waals surface area contributed by atoms with E-state index in [1.54, 1.807) is 0 Å². The summed E-state index contributed by atoms with van der Waals surface area (Å²) in [5.74, 6) is 0. The van der Waals surface area contributed by atoms with Gasteiger partial charge in [-0.3, -0.25) is 0 Å². The monoisotopic (exact) mass is 539 g/mol. The van der Waals surface area contributed by atoms with Gasteiger partial charge in [0.25, 0.3) is 0 Å². The van der Waals surface area contributed by atoms with E-state index in [9.17, 15) is 0 Å². The van der Waals surface area contributed by atoms with Gasteiger partial charge in [-0.25, -0.2) is 0 Å². The van der Waals surface area contributed by atoms with Crippen LogP contribution in [-0.4, -0.2) is 4.57 Å². The largest absolute Gasteiger partial charge is 0.455 e. The fourth-order valence-electron chi connectivity index (χ4n) is 6.32. The number of benzene rings is 6. The van der Waals surface area contributed by atoms with Crippen molar-refractivity contribution in [2.45, 2.75) is 13.8 Å². The van der Waals surface area contributed by atoms with Crippen molar-refractivity contribution >= 4 is 49.3 Å². The number of aromatic nitrogens is 1. The van der Waals surface area contributed by atoms with Gasteiger partial charge in [0, 0.05) is 32.8 Å². The van der Waals surface area contributed by atoms with Crippen LogP contribution in [0.2, 0.25) is 0 Å². The van der Waals surface area contributed by atoms with Gasteiger partial charge in [-0.05, 0) is 84.1 Å². The molecule has 200 valence electrons. The minimum Gasteiger partial charge on any atom is -0.455 e. The highest BCUT2D eigenvalue weighted by Crippen LogP contribution is 2.40. The second-order valence-electron chi connectivity index (χ2n) is 11.0. The average Bonchev–Trinajstić information content (AvgIpc) is 3.60. The second-order valence-corrected chi connectivity index (χ2v) is 11.0. The van der Waals surface area contributed by atoms with E-state index in [0.29, 0.717) is 0 Å². The Kier molecular flexibility index (Phi) is 5.61. The van der Waals surface area contributed by atoms with Crippen LogP contribution in [0.3, 0.4) is 0 Å². The highest BCUT2D eigenvalue weighted by Gasteiger charge is 2.17. The molecule has 8 aromatic rings. The Morgan fingerprint density at radius 3 is 2.17 bits per heavy atom. The first-order chi connectivity index (χ1) is 20.7. The molecule has 2 nitrogen and oxygen atoms in total. The van der Waals surface area contributed by atoms with Crippen molar-refractivity contribution in [3.63, 3.8) is 0 Å². The summed E-state index contributed by atoms with van der Waals surface area (Å²) in [5.41, 5.74) is 12.6. The van der Waals surface area contributed by atoms with Crippen molar-refractivity contribution in [3.8, 4) is 27.9 Å². The number of para-hydroxylation sites is 3. The summed E-state index contributed by atoms with van der Waals surface area (Å²) in [6.45, 7) is 4.29. The lowest BCUT2D eigenvalue weighted by molar-refractivity contribution is 0.670. The van der Waals surface area contributed by atoms with Gasteiger partial charge in [-0.2, -0.15) is 0 Å². The SMILES string of the molecule is CC=C(C)c1cc(-c2ccccc2)cc(-n2c3ccccc3c3cc(-c4cccc5c4oc4ccccc45)ccc32)c1. The standard InChI is InChI=1S/C40H29NO/c1-3-26(2)29-22-30(27-12-5-4-6-13-27)24-31(23-29)41-37-18-9-7-14-33(37)36-25-28(20-21-38(36)41)32-16-11-17-35-34-15-8-10-19-39(34)42-40(32)35/h3-25H,1-2H3. The molecule has 0 saturated carbocycles. The molecule has 0 saturated heterocycles. The van der Waals surface area contributed by atoms with Crippen molar-refractivity contribution in [2.24, 2.45) is 0 Å². The van der Waals surface area contributed by atoms with Gasteiger partial charge in [0.15, 0.2) is 0 Å². The van der Waals surface area contributed by atoms with Gasteiger partial charge in [0.1, 0.15) is 11.2 Å². The number of nitrogens with zero attached hydrogens (tertiary/aromatic N) is 1. The Bertz CT molecular complexity index is 2310. The summed E-state index contributed by atoms with van der Waals surface area (Å²) in [4.78, 5) is 0. The molecule has 0 amide bonds. The van der Waals surface area contributed by atoms with E-state index in [-0.39, 0.29) is 0 Å². The number of hydrogen-bond donors (Lipinski definition) is 0. The lowest BCUT2D eigenvalue weighted by atomic mass is 9.98. The Balaban J connectivity index is 1.38. The molecule has 0 bridgehead atoms. The molecule has 0 spiro atoms. The number of rotatable bonds is 4. The lowest BCUT2D eigenvalue weighted by Crippen LogP contribution is -1.96. The third-order valence-corrected chi connectivity index (χ3v) is 8.56. The van der Waals surface area contributed by atoms with Crippen LogP contribution in [0.4, 0.5) is 0 Å². The van der Waals surface area contributed by atoms with Gasteiger partial charge >= 0.3 is 0 Å². The van der Waals surface area contributed by atoms with Gasteiger partial charge in [-0.15, -0.1) is 0 Å². The summed E-state index contributed by atoms with van der Waals surface area (Å²) in [7, 11) is 0. The molecule has 6 aromatic carbocycles. The first kappa shape index (κ1) is 24.5. The van der Waals surface area contributed by atoms with E-state index in [1.807, 2.05) is 12.1 Å². The molecule has 0 aliphatic rings. The predicted molar refractivity (Wildman–Crippen MR) is 178 cm³/mol. The summed E-state index contributed by atoms with van der Waals surface area (Å²) < 4.78 is 8.81. The van der Waals surface area contributed by atoms with Crippen LogP contribution in [0.25, 0.3) is 77.3 Å². The zero-order valence-electron chi connectivity index (χ0n) is 23.6. The van der Waals surface area contributed by atoms with Crippen LogP contribution in [0.15, 0.2) is 144 Å². The molecule has 0 N–H and O–H groups in total. The molecule has 0 radical (unpaired) electrons. The maximum absolute atomic E-state index is 6.40. The molecule has 42 heavy (non-hydrogen) atoms. The molecular weight excluding hydrogens is 510 g/mol. The molecule has 0 aliphatic carbocycles. The molecule has 2 heteroatoms. The van der Waals surface area contributed by atoms with E-state index in [1.165, 1.54) is 44.1 Å².